The van der Waals surface area contributed by atoms with Crippen molar-refractivity contribution in [1.29, 1.82) is 0 Å². The van der Waals surface area contributed by atoms with Crippen LogP contribution in [0.25, 0.3) is 10.8 Å². The Bertz CT molecular complexity index is 1010. The summed E-state index contributed by atoms with van der Waals surface area (Å²) in [5, 5.41) is 8.99. The number of fused-ring (bicyclic) bond motifs is 1. The lowest BCUT2D eigenvalue weighted by atomic mass is 10.0. The topological polar surface area (TPSA) is 38.9 Å². The first-order valence-corrected chi connectivity index (χ1v) is 8.90. The molecular formula is C20H21N3OS. The molecular weight excluding hydrogens is 330 g/mol. The van der Waals surface area contributed by atoms with Crippen molar-refractivity contribution in [2.24, 2.45) is 10.1 Å². The molecule has 0 spiro atoms. The molecule has 0 saturated heterocycles. The summed E-state index contributed by atoms with van der Waals surface area (Å²) >= 11 is 1.58. The molecule has 0 radical (unpaired) electrons. The number of aromatic nitrogens is 1. The van der Waals surface area contributed by atoms with Crippen LogP contribution in [-0.2, 0) is 0 Å². The average Bonchev–Trinajstić information content (AvgIpc) is 2.97. The van der Waals surface area contributed by atoms with Crippen molar-refractivity contribution in [2.45, 2.75) is 13.8 Å². The van der Waals surface area contributed by atoms with Gasteiger partial charge in [0.1, 0.15) is 5.75 Å². The van der Waals surface area contributed by atoms with Crippen LogP contribution in [-0.4, -0.2) is 24.5 Å². The summed E-state index contributed by atoms with van der Waals surface area (Å²) < 4.78 is 7.39. The fraction of sp³-hybridized carbons (Fsp3) is 0.200. The molecule has 0 atom stereocenters. The van der Waals surface area contributed by atoms with Gasteiger partial charge >= 0.3 is 0 Å². The van der Waals surface area contributed by atoms with Crippen molar-refractivity contribution >= 4 is 28.3 Å². The van der Waals surface area contributed by atoms with Gasteiger partial charge in [-0.3, -0.25) is 4.99 Å². The number of thiazole rings is 1. The van der Waals surface area contributed by atoms with Crippen molar-refractivity contribution < 1.29 is 4.74 Å². The zero-order valence-electron chi connectivity index (χ0n) is 14.7. The van der Waals surface area contributed by atoms with E-state index in [0.29, 0.717) is 6.54 Å². The first-order valence-electron chi connectivity index (χ1n) is 8.02. The predicted octanol–water partition coefficient (Wildman–Crippen LogP) is 4.38. The Morgan fingerprint density at radius 1 is 1.28 bits per heavy atom. The number of hydrogen-bond donors (Lipinski definition) is 0. The maximum atomic E-state index is 5.53. The van der Waals surface area contributed by atoms with Gasteiger partial charge in [-0.2, -0.15) is 5.10 Å². The van der Waals surface area contributed by atoms with E-state index < -0.39 is 0 Å². The second-order valence-electron chi connectivity index (χ2n) is 5.89. The molecule has 25 heavy (non-hydrogen) atoms. The third kappa shape index (κ3) is 3.72. The molecule has 0 aliphatic rings. The lowest BCUT2D eigenvalue weighted by Gasteiger charge is -2.08. The molecule has 4 nitrogen and oxygen atoms in total. The van der Waals surface area contributed by atoms with Crippen LogP contribution in [0, 0.1) is 6.92 Å². The van der Waals surface area contributed by atoms with Gasteiger partial charge in [0.25, 0.3) is 0 Å². The van der Waals surface area contributed by atoms with Crippen LogP contribution in [0.15, 0.2) is 64.0 Å². The summed E-state index contributed by atoms with van der Waals surface area (Å²) in [5.41, 5.74) is 3.03. The Kier molecular flexibility index (Phi) is 5.14. The standard InChI is InChI=1S/C20H21N3OS/c1-14(2)11-21-20-23(15(3)13-25-20)22-12-18-17-8-6-5-7-16(17)9-10-19(18)24-4/h5-10,12-13H,1,11H2,2-4H3. The molecule has 3 rings (SSSR count). The molecule has 2 aromatic carbocycles. The summed E-state index contributed by atoms with van der Waals surface area (Å²) in [5.74, 6) is 0.802. The zero-order chi connectivity index (χ0) is 17.8. The van der Waals surface area contributed by atoms with Crippen molar-refractivity contribution in [3.05, 3.63) is 70.0 Å². The first-order chi connectivity index (χ1) is 12.1. The van der Waals surface area contributed by atoms with E-state index in [1.54, 1.807) is 18.4 Å². The Morgan fingerprint density at radius 3 is 2.84 bits per heavy atom. The van der Waals surface area contributed by atoms with Gasteiger partial charge in [0.15, 0.2) is 0 Å². The third-order valence-electron chi connectivity index (χ3n) is 3.79. The van der Waals surface area contributed by atoms with E-state index in [4.69, 9.17) is 4.74 Å². The number of rotatable bonds is 5. The maximum Gasteiger partial charge on any atom is 0.206 e. The largest absolute Gasteiger partial charge is 0.496 e. The minimum Gasteiger partial charge on any atom is -0.496 e. The van der Waals surface area contributed by atoms with Crippen LogP contribution >= 0.6 is 11.3 Å². The van der Waals surface area contributed by atoms with Crippen LogP contribution in [0.4, 0.5) is 0 Å². The quantitative estimate of drug-likeness (QED) is 0.497. The van der Waals surface area contributed by atoms with Gasteiger partial charge in [0.05, 0.1) is 25.6 Å². The van der Waals surface area contributed by atoms with E-state index in [1.807, 2.05) is 42.9 Å². The highest BCUT2D eigenvalue weighted by molar-refractivity contribution is 7.07. The zero-order valence-corrected chi connectivity index (χ0v) is 15.5. The van der Waals surface area contributed by atoms with E-state index in [1.165, 1.54) is 0 Å². The van der Waals surface area contributed by atoms with Gasteiger partial charge in [0, 0.05) is 10.9 Å². The summed E-state index contributed by atoms with van der Waals surface area (Å²) in [6.45, 7) is 8.50. The second-order valence-corrected chi connectivity index (χ2v) is 6.73. The van der Waals surface area contributed by atoms with Gasteiger partial charge in [-0.05, 0) is 30.7 Å². The highest BCUT2D eigenvalue weighted by atomic mass is 32.1. The van der Waals surface area contributed by atoms with Crippen LogP contribution in [0.2, 0.25) is 0 Å². The molecule has 0 saturated carbocycles. The van der Waals surface area contributed by atoms with Gasteiger partial charge in [-0.25, -0.2) is 4.68 Å². The third-order valence-corrected chi connectivity index (χ3v) is 4.76. The van der Waals surface area contributed by atoms with Crippen molar-refractivity contribution in [3.63, 3.8) is 0 Å². The molecule has 0 N–H and O–H groups in total. The summed E-state index contributed by atoms with van der Waals surface area (Å²) in [6, 6.07) is 12.3. The van der Waals surface area contributed by atoms with E-state index in [0.717, 1.165) is 38.2 Å². The molecule has 0 aliphatic heterocycles. The van der Waals surface area contributed by atoms with Crippen LogP contribution < -0.4 is 9.54 Å². The monoisotopic (exact) mass is 351 g/mol. The normalized spacial score (nSPS) is 12.2. The summed E-state index contributed by atoms with van der Waals surface area (Å²) in [6.07, 6.45) is 1.85. The van der Waals surface area contributed by atoms with Gasteiger partial charge < -0.3 is 4.74 Å². The highest BCUT2D eigenvalue weighted by Crippen LogP contribution is 2.26. The lowest BCUT2D eigenvalue weighted by Crippen LogP contribution is -2.13. The van der Waals surface area contributed by atoms with Crippen LogP contribution in [0.5, 0.6) is 5.75 Å². The molecule has 5 heteroatoms. The summed E-state index contributed by atoms with van der Waals surface area (Å²) in [7, 11) is 1.68. The number of aryl methyl sites for hydroxylation is 1. The number of ether oxygens (including phenoxy) is 1. The second kappa shape index (κ2) is 7.49. The fourth-order valence-electron chi connectivity index (χ4n) is 2.54. The summed E-state index contributed by atoms with van der Waals surface area (Å²) in [4.78, 5) is 5.44. The minimum atomic E-state index is 0.604. The SMILES string of the molecule is C=C(C)CN=c1scc(C)n1N=Cc1c(OC)ccc2ccccc12. The number of hydrogen-bond acceptors (Lipinski definition) is 4. The van der Waals surface area contributed by atoms with E-state index in [2.05, 4.69) is 40.3 Å². The van der Waals surface area contributed by atoms with E-state index >= 15 is 0 Å². The molecule has 0 bridgehead atoms. The number of methoxy groups -OCH3 is 1. The molecule has 128 valence electrons. The number of nitrogens with zero attached hydrogens (tertiary/aromatic N) is 3. The number of benzene rings is 2. The van der Waals surface area contributed by atoms with Gasteiger partial charge in [0.2, 0.25) is 4.80 Å². The smallest absolute Gasteiger partial charge is 0.206 e. The maximum absolute atomic E-state index is 5.53. The first kappa shape index (κ1) is 17.2. The van der Waals surface area contributed by atoms with E-state index in [-0.39, 0.29) is 0 Å². The molecule has 0 unspecified atom stereocenters. The molecule has 3 aromatic rings. The van der Waals surface area contributed by atoms with E-state index in [9.17, 15) is 0 Å². The Balaban J connectivity index is 2.09. The van der Waals surface area contributed by atoms with Crippen LogP contribution in [0.3, 0.4) is 0 Å². The fourth-order valence-corrected chi connectivity index (χ4v) is 3.34. The van der Waals surface area contributed by atoms with Crippen molar-refractivity contribution in [3.8, 4) is 5.75 Å². The van der Waals surface area contributed by atoms with Gasteiger partial charge in [-0.1, -0.05) is 42.5 Å². The Morgan fingerprint density at radius 2 is 2.08 bits per heavy atom. The molecule has 0 aliphatic carbocycles. The molecule has 0 fully saturated rings. The minimum absolute atomic E-state index is 0.604. The average molecular weight is 351 g/mol. The molecule has 1 heterocycles. The predicted molar refractivity (Wildman–Crippen MR) is 106 cm³/mol. The molecule has 1 aromatic heterocycles. The lowest BCUT2D eigenvalue weighted by molar-refractivity contribution is 0.415. The van der Waals surface area contributed by atoms with Gasteiger partial charge in [-0.15, -0.1) is 11.3 Å². The van der Waals surface area contributed by atoms with Crippen LogP contribution in [0.1, 0.15) is 18.2 Å². The Labute approximate surface area is 151 Å². The Hall–Kier alpha value is -2.66. The van der Waals surface area contributed by atoms with Crippen molar-refractivity contribution in [1.82, 2.24) is 4.68 Å². The molecule has 0 amide bonds. The highest BCUT2D eigenvalue weighted by Gasteiger charge is 2.07. The van der Waals surface area contributed by atoms with Crippen molar-refractivity contribution in [2.75, 3.05) is 13.7 Å².